The van der Waals surface area contributed by atoms with Gasteiger partial charge >= 0.3 is 12.1 Å². The molecule has 0 aromatic rings. The van der Waals surface area contributed by atoms with Crippen LogP contribution in [0.1, 0.15) is 96.8 Å². The standard InChI is InChI=1S/C24H45NO5/c1-4-6-7-8-9-10-11-12-13-14-15-16-17-19-29-23(26)22(18-5-2)25-24(27)30-21-20-28-3/h5,22H,2,4,6-21H2,1,3H3,(H,25,27). The second kappa shape index (κ2) is 22.1. The molecule has 0 bridgehead atoms. The molecule has 1 atom stereocenters. The number of hydrogen-bond acceptors (Lipinski definition) is 5. The SMILES string of the molecule is C=CCC(NC(=O)OCCOC)C(=O)OCCCCCCCCCCCCCCC. The molecule has 0 spiro atoms. The zero-order valence-electron chi connectivity index (χ0n) is 19.4. The Morgan fingerprint density at radius 1 is 0.800 bits per heavy atom. The number of rotatable bonds is 21. The molecule has 0 rings (SSSR count). The normalized spacial score (nSPS) is 11.7. The predicted octanol–water partition coefficient (Wildman–Crippen LogP) is 5.94. The summed E-state index contributed by atoms with van der Waals surface area (Å²) < 4.78 is 15.0. The molecule has 0 saturated carbocycles. The Labute approximate surface area is 184 Å². The van der Waals surface area contributed by atoms with Gasteiger partial charge in [0.1, 0.15) is 12.6 Å². The van der Waals surface area contributed by atoms with E-state index in [-0.39, 0.29) is 6.61 Å². The van der Waals surface area contributed by atoms with Crippen molar-refractivity contribution in [2.24, 2.45) is 0 Å². The highest BCUT2D eigenvalue weighted by Crippen LogP contribution is 2.12. The van der Waals surface area contributed by atoms with Crippen molar-refractivity contribution in [1.29, 1.82) is 0 Å². The van der Waals surface area contributed by atoms with Crippen LogP contribution in [-0.4, -0.2) is 45.0 Å². The van der Waals surface area contributed by atoms with Crippen molar-refractivity contribution in [1.82, 2.24) is 5.32 Å². The Balaban J connectivity index is 3.64. The van der Waals surface area contributed by atoms with Gasteiger partial charge in [-0.25, -0.2) is 9.59 Å². The maximum absolute atomic E-state index is 12.2. The molecule has 1 unspecified atom stereocenters. The first-order chi connectivity index (χ1) is 14.7. The highest BCUT2D eigenvalue weighted by atomic mass is 16.6. The summed E-state index contributed by atoms with van der Waals surface area (Å²) in [7, 11) is 1.52. The van der Waals surface area contributed by atoms with Crippen LogP contribution >= 0.6 is 0 Å². The van der Waals surface area contributed by atoms with Gasteiger partial charge < -0.3 is 19.5 Å². The predicted molar refractivity (Wildman–Crippen MR) is 122 cm³/mol. The molecule has 6 heteroatoms. The topological polar surface area (TPSA) is 73.9 Å². The van der Waals surface area contributed by atoms with E-state index >= 15 is 0 Å². The van der Waals surface area contributed by atoms with Crippen LogP contribution in [0.3, 0.4) is 0 Å². The molecule has 0 heterocycles. The summed E-state index contributed by atoms with van der Waals surface area (Å²) >= 11 is 0. The largest absolute Gasteiger partial charge is 0.464 e. The average molecular weight is 428 g/mol. The van der Waals surface area contributed by atoms with Crippen LogP contribution in [0, 0.1) is 0 Å². The Morgan fingerprint density at radius 2 is 1.33 bits per heavy atom. The fourth-order valence-electron chi connectivity index (χ4n) is 3.18. The highest BCUT2D eigenvalue weighted by Gasteiger charge is 2.21. The van der Waals surface area contributed by atoms with Crippen molar-refractivity contribution in [2.75, 3.05) is 26.9 Å². The third kappa shape index (κ3) is 18.5. The van der Waals surface area contributed by atoms with Gasteiger partial charge in [-0.05, 0) is 12.8 Å². The van der Waals surface area contributed by atoms with Crippen molar-refractivity contribution in [3.8, 4) is 0 Å². The minimum Gasteiger partial charge on any atom is -0.464 e. The Hall–Kier alpha value is -1.56. The molecule has 0 aromatic carbocycles. The molecule has 1 N–H and O–H groups in total. The molecular weight excluding hydrogens is 382 g/mol. The van der Waals surface area contributed by atoms with Gasteiger partial charge in [-0.2, -0.15) is 0 Å². The van der Waals surface area contributed by atoms with Crippen LogP contribution in [0.5, 0.6) is 0 Å². The molecule has 6 nitrogen and oxygen atoms in total. The summed E-state index contributed by atoms with van der Waals surface area (Å²) in [6.07, 6.45) is 17.8. The average Bonchev–Trinajstić information content (AvgIpc) is 2.73. The molecule has 0 aliphatic rings. The third-order valence-corrected chi connectivity index (χ3v) is 4.99. The van der Waals surface area contributed by atoms with Gasteiger partial charge in [0.25, 0.3) is 0 Å². The van der Waals surface area contributed by atoms with Gasteiger partial charge in [-0.3, -0.25) is 0 Å². The molecule has 1 amide bonds. The number of carbonyl (C=O) groups excluding carboxylic acids is 2. The van der Waals surface area contributed by atoms with E-state index in [9.17, 15) is 9.59 Å². The van der Waals surface area contributed by atoms with Crippen molar-refractivity contribution in [3.63, 3.8) is 0 Å². The maximum Gasteiger partial charge on any atom is 0.407 e. The van der Waals surface area contributed by atoms with E-state index in [1.165, 1.54) is 77.7 Å². The first-order valence-corrected chi connectivity index (χ1v) is 11.8. The van der Waals surface area contributed by atoms with Gasteiger partial charge in [0, 0.05) is 7.11 Å². The third-order valence-electron chi connectivity index (χ3n) is 4.99. The van der Waals surface area contributed by atoms with Crippen molar-refractivity contribution < 1.29 is 23.8 Å². The second-order valence-corrected chi connectivity index (χ2v) is 7.76. The molecule has 0 radical (unpaired) electrons. The fourth-order valence-corrected chi connectivity index (χ4v) is 3.18. The van der Waals surface area contributed by atoms with Crippen molar-refractivity contribution in [3.05, 3.63) is 12.7 Å². The molecule has 0 fully saturated rings. The monoisotopic (exact) mass is 427 g/mol. The van der Waals surface area contributed by atoms with Crippen LogP contribution in [0.25, 0.3) is 0 Å². The van der Waals surface area contributed by atoms with Crippen LogP contribution < -0.4 is 5.32 Å². The number of methoxy groups -OCH3 is 1. The Morgan fingerprint density at radius 3 is 1.83 bits per heavy atom. The number of unbranched alkanes of at least 4 members (excludes halogenated alkanes) is 12. The Kier molecular flexibility index (Phi) is 21.0. The first kappa shape index (κ1) is 28.4. The number of amides is 1. The molecule has 176 valence electrons. The number of esters is 1. The molecule has 0 saturated heterocycles. The number of carbonyl (C=O) groups is 2. The summed E-state index contributed by atoms with van der Waals surface area (Å²) in [6, 6.07) is -0.764. The summed E-state index contributed by atoms with van der Waals surface area (Å²) in [6.45, 7) is 6.70. The molecule has 0 aromatic heterocycles. The lowest BCUT2D eigenvalue weighted by atomic mass is 10.0. The fraction of sp³-hybridized carbons (Fsp3) is 0.833. The van der Waals surface area contributed by atoms with Crippen LogP contribution in [0.2, 0.25) is 0 Å². The molecular formula is C24H45NO5. The van der Waals surface area contributed by atoms with Gasteiger partial charge in [-0.1, -0.05) is 90.0 Å². The maximum atomic E-state index is 12.2. The van der Waals surface area contributed by atoms with E-state index in [4.69, 9.17) is 14.2 Å². The van der Waals surface area contributed by atoms with Gasteiger partial charge in [0.15, 0.2) is 0 Å². The van der Waals surface area contributed by atoms with Gasteiger partial charge in [0.05, 0.1) is 13.2 Å². The van der Waals surface area contributed by atoms with Crippen LogP contribution in [-0.2, 0) is 19.0 Å². The van der Waals surface area contributed by atoms with E-state index in [0.29, 0.717) is 19.6 Å². The first-order valence-electron chi connectivity index (χ1n) is 11.8. The summed E-state index contributed by atoms with van der Waals surface area (Å²) in [5.74, 6) is -0.447. The summed E-state index contributed by atoms with van der Waals surface area (Å²) in [5.41, 5.74) is 0. The van der Waals surface area contributed by atoms with E-state index in [0.717, 1.165) is 12.8 Å². The lowest BCUT2D eigenvalue weighted by Crippen LogP contribution is -2.42. The van der Waals surface area contributed by atoms with Crippen LogP contribution in [0.15, 0.2) is 12.7 Å². The number of alkyl carbamates (subject to hydrolysis) is 1. The molecule has 0 aliphatic heterocycles. The van der Waals surface area contributed by atoms with E-state index in [2.05, 4.69) is 18.8 Å². The summed E-state index contributed by atoms with van der Waals surface area (Å²) in [5, 5.41) is 2.51. The smallest absolute Gasteiger partial charge is 0.407 e. The Bertz CT molecular complexity index is 428. The minimum absolute atomic E-state index is 0.136. The number of ether oxygens (including phenoxy) is 3. The quantitative estimate of drug-likeness (QED) is 0.139. The zero-order chi connectivity index (χ0) is 22.3. The lowest BCUT2D eigenvalue weighted by Gasteiger charge is -2.16. The van der Waals surface area contributed by atoms with E-state index in [1.807, 2.05) is 0 Å². The molecule has 30 heavy (non-hydrogen) atoms. The van der Waals surface area contributed by atoms with E-state index in [1.54, 1.807) is 6.08 Å². The van der Waals surface area contributed by atoms with Crippen LogP contribution in [0.4, 0.5) is 4.79 Å². The number of hydrogen-bond donors (Lipinski definition) is 1. The van der Waals surface area contributed by atoms with Crippen molar-refractivity contribution >= 4 is 12.1 Å². The molecule has 0 aliphatic carbocycles. The lowest BCUT2D eigenvalue weighted by molar-refractivity contribution is -0.146. The van der Waals surface area contributed by atoms with Gasteiger partial charge in [0.2, 0.25) is 0 Å². The zero-order valence-corrected chi connectivity index (χ0v) is 19.4. The number of nitrogens with one attached hydrogen (secondary N) is 1. The second-order valence-electron chi connectivity index (χ2n) is 7.76. The van der Waals surface area contributed by atoms with Crippen molar-refractivity contribution in [2.45, 2.75) is 103 Å². The van der Waals surface area contributed by atoms with Gasteiger partial charge in [-0.15, -0.1) is 6.58 Å². The minimum atomic E-state index is -0.764. The van der Waals surface area contributed by atoms with E-state index < -0.39 is 18.1 Å². The highest BCUT2D eigenvalue weighted by molar-refractivity contribution is 5.81. The summed E-state index contributed by atoms with van der Waals surface area (Å²) in [4.78, 5) is 23.8.